The first-order chi connectivity index (χ1) is 10.1. The average molecular weight is 290 g/mol. The Morgan fingerprint density at radius 2 is 2.10 bits per heavy atom. The molecule has 106 valence electrons. The van der Waals surface area contributed by atoms with E-state index >= 15 is 0 Å². The van der Waals surface area contributed by atoms with Crippen LogP contribution in [0.25, 0.3) is 11.6 Å². The van der Waals surface area contributed by atoms with Gasteiger partial charge in [0.2, 0.25) is 17.9 Å². The van der Waals surface area contributed by atoms with E-state index in [4.69, 9.17) is 4.42 Å². The van der Waals surface area contributed by atoms with Crippen LogP contribution in [0.4, 0.5) is 21.6 Å². The van der Waals surface area contributed by atoms with Crippen molar-refractivity contribution in [3.63, 3.8) is 0 Å². The summed E-state index contributed by atoms with van der Waals surface area (Å²) in [7, 11) is 0. The highest BCUT2D eigenvalue weighted by Crippen LogP contribution is 2.34. The molecule has 0 atom stereocenters. The van der Waals surface area contributed by atoms with Crippen molar-refractivity contribution < 1.29 is 13.7 Å². The maximum absolute atomic E-state index is 12.8. The van der Waals surface area contributed by atoms with Crippen LogP contribution in [-0.2, 0) is 0 Å². The number of benzene rings is 1. The van der Waals surface area contributed by atoms with E-state index in [0.717, 1.165) is 6.39 Å². The molecule has 0 amide bonds. The molecule has 3 rings (SSSR count). The summed E-state index contributed by atoms with van der Waals surface area (Å²) in [5.41, 5.74) is 0.0914. The van der Waals surface area contributed by atoms with Crippen LogP contribution in [0.3, 0.4) is 0 Å². The Bertz CT molecular complexity index is 768. The maximum atomic E-state index is 12.8. The lowest BCUT2D eigenvalue weighted by Crippen LogP contribution is -1.96. The first-order valence-corrected chi connectivity index (χ1v) is 5.67. The highest BCUT2D eigenvalue weighted by atomic mass is 19.1. The van der Waals surface area contributed by atoms with Crippen LogP contribution in [0.1, 0.15) is 0 Å². The molecule has 2 heterocycles. The van der Waals surface area contributed by atoms with E-state index in [2.05, 4.69) is 25.7 Å². The molecular weight excluding hydrogens is 283 g/mol. The van der Waals surface area contributed by atoms with E-state index in [9.17, 15) is 14.5 Å². The number of rotatable bonds is 4. The minimum atomic E-state index is -0.630. The van der Waals surface area contributed by atoms with Gasteiger partial charge in [0.15, 0.2) is 0 Å². The molecule has 0 aliphatic carbocycles. The van der Waals surface area contributed by atoms with Crippen LogP contribution in [0.2, 0.25) is 0 Å². The number of hydrogen-bond acceptors (Lipinski definition) is 7. The molecule has 1 aromatic carbocycles. The van der Waals surface area contributed by atoms with Gasteiger partial charge in [-0.1, -0.05) is 0 Å². The lowest BCUT2D eigenvalue weighted by Gasteiger charge is -2.01. The van der Waals surface area contributed by atoms with Crippen molar-refractivity contribution in [2.24, 2.45) is 0 Å². The number of nitrogens with one attached hydrogen (secondary N) is 2. The Morgan fingerprint density at radius 1 is 1.33 bits per heavy atom. The molecule has 3 aromatic rings. The third-order valence-corrected chi connectivity index (χ3v) is 2.60. The smallest absolute Gasteiger partial charge is 0.343 e. The van der Waals surface area contributed by atoms with Gasteiger partial charge in [-0.3, -0.25) is 15.2 Å². The molecular formula is C11H7FN6O3. The van der Waals surface area contributed by atoms with Crippen molar-refractivity contribution in [3.8, 4) is 11.6 Å². The molecule has 2 N–H and O–H groups in total. The summed E-state index contributed by atoms with van der Waals surface area (Å²) in [6.07, 6.45) is 1.05. The van der Waals surface area contributed by atoms with Crippen molar-refractivity contribution in [2.45, 2.75) is 0 Å². The largest absolute Gasteiger partial charge is 0.422 e. The van der Waals surface area contributed by atoms with E-state index in [1.54, 1.807) is 0 Å². The molecule has 2 aromatic heterocycles. The summed E-state index contributed by atoms with van der Waals surface area (Å²) in [4.78, 5) is 10.6. The summed E-state index contributed by atoms with van der Waals surface area (Å²) in [6, 6.07) is 5.31. The maximum Gasteiger partial charge on any atom is 0.343 e. The summed E-state index contributed by atoms with van der Waals surface area (Å²) in [5.74, 6) is -0.509. The number of halogens is 1. The Balaban J connectivity index is 1.99. The van der Waals surface area contributed by atoms with Gasteiger partial charge in [0.1, 0.15) is 5.82 Å². The standard InChI is InChI=1S/C11H7FN6O3/c12-6-1-3-7(4-2-6)14-10-9(18(19)20)8(15-16-10)11-17-13-5-21-11/h1-5H,(H2,14,15,16). The minimum Gasteiger partial charge on any atom is -0.422 e. The van der Waals surface area contributed by atoms with Gasteiger partial charge in [0.05, 0.1) is 4.92 Å². The Hall–Kier alpha value is -3.30. The molecule has 0 aliphatic heterocycles. The molecule has 21 heavy (non-hydrogen) atoms. The zero-order valence-electron chi connectivity index (χ0n) is 10.3. The minimum absolute atomic E-state index is 0.0119. The van der Waals surface area contributed by atoms with Gasteiger partial charge >= 0.3 is 5.69 Å². The van der Waals surface area contributed by atoms with Crippen LogP contribution in [-0.4, -0.2) is 25.3 Å². The molecule has 0 spiro atoms. The SMILES string of the molecule is O=[N+]([O-])c1c(Nc2ccc(F)cc2)n[nH]c1-c1nnco1. The molecule has 0 unspecified atom stereocenters. The normalized spacial score (nSPS) is 10.5. The summed E-state index contributed by atoms with van der Waals surface area (Å²) >= 11 is 0. The Kier molecular flexibility index (Phi) is 3.03. The van der Waals surface area contributed by atoms with Crippen LogP contribution in [0, 0.1) is 15.9 Å². The molecule has 0 aliphatic rings. The van der Waals surface area contributed by atoms with Gasteiger partial charge in [0.25, 0.3) is 5.89 Å². The Labute approximate surface area is 116 Å². The lowest BCUT2D eigenvalue weighted by atomic mass is 10.3. The number of nitrogens with zero attached hydrogens (tertiary/aromatic N) is 4. The predicted octanol–water partition coefficient (Wildman–Crippen LogP) is 2.25. The second-order valence-corrected chi connectivity index (χ2v) is 3.93. The summed E-state index contributed by atoms with van der Waals surface area (Å²) in [6.45, 7) is 0. The molecule has 0 saturated heterocycles. The van der Waals surface area contributed by atoms with Crippen LogP contribution in [0.5, 0.6) is 0 Å². The van der Waals surface area contributed by atoms with E-state index in [0.29, 0.717) is 5.69 Å². The number of aromatic amines is 1. The topological polar surface area (TPSA) is 123 Å². The fraction of sp³-hybridized carbons (Fsp3) is 0. The van der Waals surface area contributed by atoms with Gasteiger partial charge in [-0.15, -0.1) is 15.3 Å². The van der Waals surface area contributed by atoms with E-state index in [1.165, 1.54) is 24.3 Å². The average Bonchev–Trinajstić information content (AvgIpc) is 3.10. The zero-order valence-corrected chi connectivity index (χ0v) is 10.3. The van der Waals surface area contributed by atoms with Crippen molar-refractivity contribution in [1.29, 1.82) is 0 Å². The van der Waals surface area contributed by atoms with Gasteiger partial charge in [-0.2, -0.15) is 0 Å². The summed E-state index contributed by atoms with van der Waals surface area (Å²) < 4.78 is 17.8. The highest BCUT2D eigenvalue weighted by molar-refractivity contribution is 5.76. The molecule has 0 saturated carbocycles. The number of aromatic nitrogens is 4. The van der Waals surface area contributed by atoms with Gasteiger partial charge in [-0.25, -0.2) is 4.39 Å². The first-order valence-electron chi connectivity index (χ1n) is 5.67. The molecule has 0 fully saturated rings. The van der Waals surface area contributed by atoms with E-state index in [-0.39, 0.29) is 23.1 Å². The van der Waals surface area contributed by atoms with Crippen molar-refractivity contribution in [1.82, 2.24) is 20.4 Å². The van der Waals surface area contributed by atoms with E-state index < -0.39 is 10.7 Å². The van der Waals surface area contributed by atoms with Gasteiger partial charge in [-0.05, 0) is 24.3 Å². The fourth-order valence-corrected chi connectivity index (χ4v) is 1.70. The molecule has 9 nitrogen and oxygen atoms in total. The quantitative estimate of drug-likeness (QED) is 0.558. The van der Waals surface area contributed by atoms with Gasteiger partial charge < -0.3 is 9.73 Å². The Morgan fingerprint density at radius 3 is 2.71 bits per heavy atom. The van der Waals surface area contributed by atoms with Crippen molar-refractivity contribution in [2.75, 3.05) is 5.32 Å². The van der Waals surface area contributed by atoms with Crippen LogP contribution >= 0.6 is 0 Å². The molecule has 0 bridgehead atoms. The number of nitro groups is 1. The molecule has 10 heteroatoms. The van der Waals surface area contributed by atoms with Crippen LogP contribution in [0.15, 0.2) is 35.1 Å². The van der Waals surface area contributed by atoms with Crippen LogP contribution < -0.4 is 5.32 Å². The predicted molar refractivity (Wildman–Crippen MR) is 68.2 cm³/mol. The van der Waals surface area contributed by atoms with Crippen molar-refractivity contribution in [3.05, 3.63) is 46.6 Å². The summed E-state index contributed by atoms with van der Waals surface area (Å²) in [5, 5.41) is 27.2. The highest BCUT2D eigenvalue weighted by Gasteiger charge is 2.28. The number of anilines is 2. The third kappa shape index (κ3) is 2.41. The number of H-pyrrole nitrogens is 1. The van der Waals surface area contributed by atoms with E-state index in [1.807, 2.05) is 0 Å². The monoisotopic (exact) mass is 290 g/mol. The lowest BCUT2D eigenvalue weighted by molar-refractivity contribution is -0.383. The van der Waals surface area contributed by atoms with Gasteiger partial charge in [0, 0.05) is 5.69 Å². The van der Waals surface area contributed by atoms with Crippen molar-refractivity contribution >= 4 is 17.2 Å². The fourth-order valence-electron chi connectivity index (χ4n) is 1.70. The molecule has 0 radical (unpaired) electrons. The zero-order chi connectivity index (χ0) is 14.8. The second-order valence-electron chi connectivity index (χ2n) is 3.93. The third-order valence-electron chi connectivity index (χ3n) is 2.60. The second kappa shape index (κ2) is 5.00. The first kappa shape index (κ1) is 12.7. The number of hydrogen-bond donors (Lipinski definition) is 2.